The molecule has 29 heavy (non-hydrogen) atoms. The fourth-order valence-corrected chi connectivity index (χ4v) is 5.57. The topological polar surface area (TPSA) is 58.5 Å². The van der Waals surface area contributed by atoms with E-state index in [2.05, 4.69) is 70.2 Å². The number of nitrogens with zero attached hydrogens (tertiary/aromatic N) is 1. The van der Waals surface area contributed by atoms with Gasteiger partial charge in [0.25, 0.3) is 10.0 Å². The number of rotatable bonds is 8. The summed E-state index contributed by atoms with van der Waals surface area (Å²) in [6, 6.07) is 4.12. The van der Waals surface area contributed by atoms with E-state index < -0.39 is 10.0 Å². The average Bonchev–Trinajstić information content (AvgIpc) is 2.66. The summed E-state index contributed by atoms with van der Waals surface area (Å²) in [4.78, 5) is 3.01. The predicted octanol–water partition coefficient (Wildman–Crippen LogP) is 6.46. The molecular weight excluding hydrogens is 380 g/mol. The van der Waals surface area contributed by atoms with E-state index in [1.54, 1.807) is 0 Å². The lowest BCUT2D eigenvalue weighted by Gasteiger charge is -2.24. The molecule has 0 radical (unpaired) electrons. The van der Waals surface area contributed by atoms with Crippen LogP contribution in [0.25, 0.3) is 0 Å². The van der Waals surface area contributed by atoms with Crippen LogP contribution < -0.4 is 4.83 Å². The highest BCUT2D eigenvalue weighted by atomic mass is 32.2. The summed E-state index contributed by atoms with van der Waals surface area (Å²) in [7, 11) is -3.76. The molecule has 5 heteroatoms. The van der Waals surface area contributed by atoms with E-state index in [1.165, 1.54) is 5.56 Å². The highest BCUT2D eigenvalue weighted by molar-refractivity contribution is 7.89. The first-order valence-electron chi connectivity index (χ1n) is 10.9. The van der Waals surface area contributed by atoms with Gasteiger partial charge in [0.15, 0.2) is 0 Å². The molecular formula is C24H38N2O2S. The molecule has 1 N–H and O–H groups in total. The Hall–Kier alpha value is -1.62. The molecule has 0 saturated heterocycles. The van der Waals surface area contributed by atoms with Gasteiger partial charge in [-0.2, -0.15) is 13.5 Å². The van der Waals surface area contributed by atoms with Crippen LogP contribution in [-0.4, -0.2) is 14.1 Å². The van der Waals surface area contributed by atoms with Crippen molar-refractivity contribution in [3.8, 4) is 0 Å². The zero-order valence-electron chi connectivity index (χ0n) is 19.0. The third-order valence-corrected chi connectivity index (χ3v) is 7.16. The van der Waals surface area contributed by atoms with Crippen molar-refractivity contribution >= 4 is 15.7 Å². The van der Waals surface area contributed by atoms with Crippen LogP contribution in [0.5, 0.6) is 0 Å². The molecule has 2 rings (SSSR count). The van der Waals surface area contributed by atoms with Crippen LogP contribution in [0, 0.1) is 5.92 Å². The average molecular weight is 419 g/mol. The lowest BCUT2D eigenvalue weighted by molar-refractivity contribution is 0.525. The van der Waals surface area contributed by atoms with Crippen molar-refractivity contribution in [1.29, 1.82) is 0 Å². The van der Waals surface area contributed by atoms with Crippen molar-refractivity contribution in [2.24, 2.45) is 11.0 Å². The smallest absolute Gasteiger partial charge is 0.200 e. The van der Waals surface area contributed by atoms with Gasteiger partial charge in [-0.15, -0.1) is 6.58 Å². The van der Waals surface area contributed by atoms with Crippen molar-refractivity contribution in [3.05, 3.63) is 41.5 Å². The monoisotopic (exact) mass is 418 g/mol. The molecule has 1 aliphatic rings. The summed E-state index contributed by atoms with van der Waals surface area (Å²) in [6.07, 6.45) is 6.86. The zero-order chi connectivity index (χ0) is 21.8. The van der Waals surface area contributed by atoms with Crippen molar-refractivity contribution in [3.63, 3.8) is 0 Å². The van der Waals surface area contributed by atoms with Gasteiger partial charge in [0.1, 0.15) is 0 Å². The van der Waals surface area contributed by atoms with Gasteiger partial charge in [0, 0.05) is 11.6 Å². The highest BCUT2D eigenvalue weighted by Gasteiger charge is 2.27. The molecule has 162 valence electrons. The number of sulfonamides is 1. The Morgan fingerprint density at radius 3 is 2.14 bits per heavy atom. The Morgan fingerprint density at radius 1 is 1.07 bits per heavy atom. The molecule has 1 saturated carbocycles. The summed E-state index contributed by atoms with van der Waals surface area (Å²) in [5, 5.41) is 4.42. The minimum atomic E-state index is -3.76. The van der Waals surface area contributed by atoms with Crippen molar-refractivity contribution in [2.45, 2.75) is 96.3 Å². The fourth-order valence-electron chi connectivity index (χ4n) is 4.03. The van der Waals surface area contributed by atoms with Crippen molar-refractivity contribution < 1.29 is 8.42 Å². The second kappa shape index (κ2) is 9.92. The van der Waals surface area contributed by atoms with E-state index in [4.69, 9.17) is 0 Å². The molecule has 0 bridgehead atoms. The maximum Gasteiger partial charge on any atom is 0.277 e. The summed E-state index contributed by atoms with van der Waals surface area (Å²) < 4.78 is 26.9. The van der Waals surface area contributed by atoms with E-state index in [0.717, 1.165) is 48.9 Å². The van der Waals surface area contributed by atoms with Crippen LogP contribution in [0.3, 0.4) is 0 Å². The van der Waals surface area contributed by atoms with Crippen LogP contribution in [0.1, 0.15) is 108 Å². The van der Waals surface area contributed by atoms with E-state index in [-0.39, 0.29) is 11.8 Å². The van der Waals surface area contributed by atoms with Gasteiger partial charge in [-0.05, 0) is 60.1 Å². The van der Waals surface area contributed by atoms with Crippen LogP contribution in [0.15, 0.2) is 34.8 Å². The van der Waals surface area contributed by atoms with Gasteiger partial charge >= 0.3 is 0 Å². The Labute approximate surface area is 177 Å². The van der Waals surface area contributed by atoms with Gasteiger partial charge in [0.2, 0.25) is 0 Å². The summed E-state index contributed by atoms with van der Waals surface area (Å²) in [5.41, 5.74) is 3.88. The zero-order valence-corrected chi connectivity index (χ0v) is 19.8. The molecule has 1 aromatic carbocycles. The molecule has 1 fully saturated rings. The van der Waals surface area contributed by atoms with Gasteiger partial charge in [-0.3, -0.25) is 0 Å². The lowest BCUT2D eigenvalue weighted by atomic mass is 9.85. The molecule has 0 amide bonds. The first-order valence-corrected chi connectivity index (χ1v) is 12.4. The molecule has 0 unspecified atom stereocenters. The van der Waals surface area contributed by atoms with E-state index >= 15 is 0 Å². The minimum absolute atomic E-state index is 0.105. The number of hydrazone groups is 1. The fraction of sp³-hybridized carbons (Fsp3) is 0.625. The molecule has 1 atom stereocenters. The van der Waals surface area contributed by atoms with E-state index in [1.807, 2.05) is 6.08 Å². The molecule has 4 nitrogen and oxygen atoms in total. The number of hydrogen-bond donors (Lipinski definition) is 1. The maximum atomic E-state index is 13.4. The number of allylic oxidation sites excluding steroid dienone is 1. The van der Waals surface area contributed by atoms with Crippen molar-refractivity contribution in [1.82, 2.24) is 4.83 Å². The SMILES string of the molecule is C=CC[C@@H]1CCCC/C1=N\NS(=O)(=O)c1c(C(C)C)cc(C(C)C)cc1C(C)C. The molecule has 1 aliphatic carbocycles. The summed E-state index contributed by atoms with van der Waals surface area (Å²) in [5.74, 6) is 0.848. The van der Waals surface area contributed by atoms with E-state index in [0.29, 0.717) is 16.7 Å². The standard InChI is InChI=1S/C24H38N2O2S/c1-8-11-19-12-9-10-13-23(19)25-26-29(27,28)24-21(17(4)5)14-20(16(2)3)15-22(24)18(6)7/h8,14-19,26H,1,9-13H2,2-7H3/b25-23+/t19-/m1/s1. The van der Waals surface area contributed by atoms with E-state index in [9.17, 15) is 8.42 Å². The molecule has 1 aromatic rings. The van der Waals surface area contributed by atoms with Crippen LogP contribution in [0.4, 0.5) is 0 Å². The first kappa shape index (κ1) is 23.7. The third-order valence-electron chi connectivity index (χ3n) is 5.82. The second-order valence-electron chi connectivity index (χ2n) is 9.16. The van der Waals surface area contributed by atoms with Crippen molar-refractivity contribution in [2.75, 3.05) is 0 Å². The number of nitrogens with one attached hydrogen (secondary N) is 1. The number of benzene rings is 1. The molecule has 0 spiro atoms. The predicted molar refractivity (Wildman–Crippen MR) is 123 cm³/mol. The number of hydrogen-bond acceptors (Lipinski definition) is 3. The van der Waals surface area contributed by atoms with Gasteiger partial charge in [-0.1, -0.05) is 66.2 Å². The maximum absolute atomic E-state index is 13.4. The summed E-state index contributed by atoms with van der Waals surface area (Å²) >= 11 is 0. The minimum Gasteiger partial charge on any atom is -0.200 e. The Balaban J connectivity index is 2.52. The molecule has 0 heterocycles. The first-order chi connectivity index (χ1) is 13.6. The van der Waals surface area contributed by atoms with Gasteiger partial charge in [-0.25, -0.2) is 4.83 Å². The van der Waals surface area contributed by atoms with Gasteiger partial charge < -0.3 is 0 Å². The lowest BCUT2D eigenvalue weighted by Crippen LogP contribution is -2.27. The van der Waals surface area contributed by atoms with Crippen LogP contribution in [0.2, 0.25) is 0 Å². The Kier molecular flexibility index (Phi) is 8.10. The Morgan fingerprint density at radius 2 is 1.66 bits per heavy atom. The normalized spacial score (nSPS) is 19.3. The third kappa shape index (κ3) is 5.71. The van der Waals surface area contributed by atoms with Crippen LogP contribution >= 0.6 is 0 Å². The quantitative estimate of drug-likeness (QED) is 0.389. The molecule has 0 aliphatic heterocycles. The van der Waals surface area contributed by atoms with Crippen LogP contribution in [-0.2, 0) is 10.0 Å². The highest BCUT2D eigenvalue weighted by Crippen LogP contribution is 2.35. The molecule has 0 aromatic heterocycles. The summed E-state index contributed by atoms with van der Waals surface area (Å²) in [6.45, 7) is 16.3. The second-order valence-corrected chi connectivity index (χ2v) is 10.8. The largest absolute Gasteiger partial charge is 0.277 e. The Bertz CT molecular complexity index is 823. The van der Waals surface area contributed by atoms with Gasteiger partial charge in [0.05, 0.1) is 4.90 Å².